The van der Waals surface area contributed by atoms with E-state index in [1.54, 1.807) is 23.1 Å². The van der Waals surface area contributed by atoms with Gasteiger partial charge >= 0.3 is 0 Å². The number of carbonyl (C=O) groups is 1. The second kappa shape index (κ2) is 7.38. The molecule has 0 N–H and O–H groups in total. The first-order valence-corrected chi connectivity index (χ1v) is 10.4. The number of thioether (sulfide) groups is 2. The molecule has 0 spiro atoms. The lowest BCUT2D eigenvalue weighted by atomic mass is 10.2. The second-order valence-corrected chi connectivity index (χ2v) is 9.24. The number of thiazole rings is 1. The van der Waals surface area contributed by atoms with Gasteiger partial charge in [-0.25, -0.2) is 4.98 Å². The lowest BCUT2D eigenvalue weighted by Gasteiger charge is -2.30. The third-order valence-electron chi connectivity index (χ3n) is 3.74. The maximum Gasteiger partial charge on any atom is 0.236 e. The Bertz CT molecular complexity index is 495. The molecule has 2 atom stereocenters. The van der Waals surface area contributed by atoms with Crippen molar-refractivity contribution in [3.8, 4) is 0 Å². The van der Waals surface area contributed by atoms with E-state index >= 15 is 0 Å². The smallest absolute Gasteiger partial charge is 0.236 e. The highest BCUT2D eigenvalue weighted by molar-refractivity contribution is 8.07. The topological polar surface area (TPSA) is 33.2 Å². The summed E-state index contributed by atoms with van der Waals surface area (Å²) in [7, 11) is 1.93. The Morgan fingerprint density at radius 3 is 2.57 bits per heavy atom. The number of carbonyl (C=O) groups excluding carboxylic acids is 1. The van der Waals surface area contributed by atoms with E-state index in [0.29, 0.717) is 5.92 Å². The molecule has 1 aliphatic rings. The highest BCUT2D eigenvalue weighted by Gasteiger charge is 2.29. The molecule has 1 aliphatic heterocycles. The summed E-state index contributed by atoms with van der Waals surface area (Å²) in [5.74, 6) is 3.90. The van der Waals surface area contributed by atoms with E-state index in [1.807, 2.05) is 23.7 Å². The number of amides is 1. The molecule has 21 heavy (non-hydrogen) atoms. The van der Waals surface area contributed by atoms with Gasteiger partial charge in [0.2, 0.25) is 5.91 Å². The van der Waals surface area contributed by atoms with Gasteiger partial charge in [-0.15, -0.1) is 23.1 Å². The van der Waals surface area contributed by atoms with Crippen molar-refractivity contribution < 1.29 is 4.79 Å². The average Bonchev–Trinajstić information content (AvgIpc) is 2.88. The quantitative estimate of drug-likeness (QED) is 0.828. The van der Waals surface area contributed by atoms with E-state index < -0.39 is 0 Å². The molecule has 1 aromatic heterocycles. The fourth-order valence-corrected chi connectivity index (χ4v) is 6.10. The van der Waals surface area contributed by atoms with E-state index in [2.05, 4.69) is 32.7 Å². The van der Waals surface area contributed by atoms with Crippen molar-refractivity contribution in [2.45, 2.75) is 44.9 Å². The standard InChI is InChI=1S/C15H24N2OS3/c1-9(2)14-16-10(3)13(21-14)11(4)17(5)15(18)12-8-19-6-7-20-12/h9,11-12H,6-8H2,1-5H3/t11-,12+/m1/s1. The maximum absolute atomic E-state index is 12.6. The molecule has 2 rings (SSSR count). The van der Waals surface area contributed by atoms with E-state index in [9.17, 15) is 4.79 Å². The number of hydrogen-bond acceptors (Lipinski definition) is 5. The van der Waals surface area contributed by atoms with Gasteiger partial charge in [0.25, 0.3) is 0 Å². The van der Waals surface area contributed by atoms with E-state index in [1.165, 1.54) is 10.6 Å². The monoisotopic (exact) mass is 344 g/mol. The second-order valence-electron chi connectivity index (χ2n) is 5.72. The molecule has 0 aromatic carbocycles. The average molecular weight is 345 g/mol. The van der Waals surface area contributed by atoms with Gasteiger partial charge in [-0.2, -0.15) is 11.8 Å². The Hall–Kier alpha value is -0.200. The Morgan fingerprint density at radius 1 is 1.33 bits per heavy atom. The SMILES string of the molecule is Cc1nc(C(C)C)sc1[C@@H](C)N(C)C(=O)[C@@H]1CSCCS1. The number of rotatable bonds is 4. The molecule has 0 saturated carbocycles. The summed E-state index contributed by atoms with van der Waals surface area (Å²) in [4.78, 5) is 20.4. The molecule has 1 saturated heterocycles. The molecular weight excluding hydrogens is 320 g/mol. The van der Waals surface area contributed by atoms with Gasteiger partial charge in [0.05, 0.1) is 22.0 Å². The molecule has 0 radical (unpaired) electrons. The zero-order valence-electron chi connectivity index (χ0n) is 13.4. The largest absolute Gasteiger partial charge is 0.337 e. The van der Waals surface area contributed by atoms with Crippen molar-refractivity contribution >= 4 is 40.8 Å². The number of nitrogens with zero attached hydrogens (tertiary/aromatic N) is 2. The third kappa shape index (κ3) is 3.96. The summed E-state index contributed by atoms with van der Waals surface area (Å²) >= 11 is 5.44. The molecular formula is C15H24N2OS3. The van der Waals surface area contributed by atoms with Crippen molar-refractivity contribution in [2.75, 3.05) is 24.3 Å². The summed E-state index contributed by atoms with van der Waals surface area (Å²) in [5.41, 5.74) is 1.07. The Labute approximate surface area is 140 Å². The molecule has 0 unspecified atom stereocenters. The van der Waals surface area contributed by atoms with Crippen LogP contribution in [0, 0.1) is 6.92 Å². The Kier molecular flexibility index (Phi) is 6.03. The van der Waals surface area contributed by atoms with Gasteiger partial charge in [0.15, 0.2) is 0 Å². The Morgan fingerprint density at radius 2 is 2.05 bits per heavy atom. The molecule has 0 bridgehead atoms. The lowest BCUT2D eigenvalue weighted by molar-refractivity contribution is -0.130. The van der Waals surface area contributed by atoms with Crippen LogP contribution in [0.4, 0.5) is 0 Å². The van der Waals surface area contributed by atoms with Gasteiger partial charge in [0, 0.05) is 35.1 Å². The van der Waals surface area contributed by atoms with Crippen LogP contribution in [0.15, 0.2) is 0 Å². The van der Waals surface area contributed by atoms with Crippen LogP contribution in [0.25, 0.3) is 0 Å². The summed E-state index contributed by atoms with van der Waals surface area (Å²) in [5, 5.41) is 1.28. The molecule has 1 fully saturated rings. The molecule has 2 heterocycles. The molecule has 6 heteroatoms. The predicted molar refractivity (Wildman–Crippen MR) is 95.7 cm³/mol. The van der Waals surface area contributed by atoms with Gasteiger partial charge in [-0.1, -0.05) is 13.8 Å². The zero-order chi connectivity index (χ0) is 15.6. The Balaban J connectivity index is 2.10. The van der Waals surface area contributed by atoms with Crippen LogP contribution in [0.1, 0.15) is 48.3 Å². The highest BCUT2D eigenvalue weighted by atomic mass is 32.2. The first-order valence-electron chi connectivity index (χ1n) is 7.35. The van der Waals surface area contributed by atoms with Crippen LogP contribution in [-0.2, 0) is 4.79 Å². The van der Waals surface area contributed by atoms with Crippen molar-refractivity contribution in [1.29, 1.82) is 0 Å². The third-order valence-corrected chi connectivity index (χ3v) is 8.11. The van der Waals surface area contributed by atoms with Crippen LogP contribution in [-0.4, -0.2) is 45.3 Å². The van der Waals surface area contributed by atoms with Crippen molar-refractivity contribution in [1.82, 2.24) is 9.88 Å². The maximum atomic E-state index is 12.6. The van der Waals surface area contributed by atoms with Crippen molar-refractivity contribution in [3.05, 3.63) is 15.6 Å². The minimum absolute atomic E-state index is 0.107. The number of hydrogen-bond donors (Lipinski definition) is 0. The molecule has 0 aliphatic carbocycles. The predicted octanol–water partition coefficient (Wildman–Crippen LogP) is 3.94. The summed E-state index contributed by atoms with van der Waals surface area (Å²) < 4.78 is 0. The van der Waals surface area contributed by atoms with Crippen molar-refractivity contribution in [2.24, 2.45) is 0 Å². The first kappa shape index (κ1) is 17.2. The van der Waals surface area contributed by atoms with E-state index in [4.69, 9.17) is 0 Å². The van der Waals surface area contributed by atoms with E-state index in [0.717, 1.165) is 22.2 Å². The fourth-order valence-electron chi connectivity index (χ4n) is 2.29. The van der Waals surface area contributed by atoms with E-state index in [-0.39, 0.29) is 17.2 Å². The van der Waals surface area contributed by atoms with Gasteiger partial charge in [-0.05, 0) is 13.8 Å². The van der Waals surface area contributed by atoms with Crippen LogP contribution < -0.4 is 0 Å². The fraction of sp³-hybridized carbons (Fsp3) is 0.733. The van der Waals surface area contributed by atoms with Gasteiger partial charge in [-0.3, -0.25) is 4.79 Å². The van der Waals surface area contributed by atoms with Crippen LogP contribution in [0.2, 0.25) is 0 Å². The molecule has 1 amide bonds. The normalized spacial score (nSPS) is 20.6. The van der Waals surface area contributed by atoms with Crippen LogP contribution >= 0.6 is 34.9 Å². The summed E-state index contributed by atoms with van der Waals surface area (Å²) in [6.45, 7) is 8.50. The first-order chi connectivity index (χ1) is 9.91. The lowest BCUT2D eigenvalue weighted by Crippen LogP contribution is -2.39. The van der Waals surface area contributed by atoms with Gasteiger partial charge < -0.3 is 4.90 Å². The number of aryl methyl sites for hydroxylation is 1. The highest BCUT2D eigenvalue weighted by Crippen LogP contribution is 2.33. The zero-order valence-corrected chi connectivity index (χ0v) is 15.8. The minimum Gasteiger partial charge on any atom is -0.337 e. The van der Waals surface area contributed by atoms with Crippen LogP contribution in [0.3, 0.4) is 0 Å². The molecule has 3 nitrogen and oxygen atoms in total. The minimum atomic E-state index is 0.107. The van der Waals surface area contributed by atoms with Crippen LogP contribution in [0.5, 0.6) is 0 Å². The molecule has 118 valence electrons. The molecule has 1 aromatic rings. The van der Waals surface area contributed by atoms with Gasteiger partial charge in [0.1, 0.15) is 0 Å². The summed E-state index contributed by atoms with van der Waals surface area (Å²) in [6.07, 6.45) is 0. The van der Waals surface area contributed by atoms with Crippen molar-refractivity contribution in [3.63, 3.8) is 0 Å². The number of aromatic nitrogens is 1. The summed E-state index contributed by atoms with van der Waals surface area (Å²) in [6, 6.07) is 0.107.